The topological polar surface area (TPSA) is 71.7 Å². The number of anilines is 1. The van der Waals surface area contributed by atoms with E-state index in [4.69, 9.17) is 14.1 Å². The molecule has 1 aliphatic heterocycles. The lowest BCUT2D eigenvalue weighted by Gasteiger charge is -2.23. The van der Waals surface area contributed by atoms with Crippen molar-refractivity contribution >= 4 is 16.7 Å². The van der Waals surface area contributed by atoms with Crippen LogP contribution in [0.15, 0.2) is 39.7 Å². The van der Waals surface area contributed by atoms with Crippen molar-refractivity contribution in [3.05, 3.63) is 46.4 Å². The number of aromatic nitrogens is 2. The maximum atomic E-state index is 13.0. The molecule has 0 aliphatic carbocycles. The van der Waals surface area contributed by atoms with Gasteiger partial charge in [-0.2, -0.15) is 0 Å². The van der Waals surface area contributed by atoms with Crippen molar-refractivity contribution < 1.29 is 9.15 Å². The second-order valence-electron chi connectivity index (χ2n) is 8.09. The SMILES string of the molecule is COc1cc(C(C)C)c2c(=O)oc(-c3cccnc3N3CCCN(C)CC3)nc2c1. The van der Waals surface area contributed by atoms with Gasteiger partial charge in [0.1, 0.15) is 11.6 Å². The van der Waals surface area contributed by atoms with Gasteiger partial charge in [-0.25, -0.2) is 14.8 Å². The highest BCUT2D eigenvalue weighted by Crippen LogP contribution is 2.32. The molecule has 0 saturated carbocycles. The zero-order valence-corrected chi connectivity index (χ0v) is 18.0. The second-order valence-corrected chi connectivity index (χ2v) is 8.09. The Labute approximate surface area is 176 Å². The van der Waals surface area contributed by atoms with Crippen molar-refractivity contribution in [2.75, 3.05) is 45.2 Å². The van der Waals surface area contributed by atoms with Crippen LogP contribution in [0.1, 0.15) is 31.7 Å². The highest BCUT2D eigenvalue weighted by molar-refractivity contribution is 5.85. The van der Waals surface area contributed by atoms with Gasteiger partial charge in [0.15, 0.2) is 0 Å². The summed E-state index contributed by atoms with van der Waals surface area (Å²) in [5.74, 6) is 1.91. The molecule has 3 aromatic rings. The van der Waals surface area contributed by atoms with Crippen LogP contribution in [0, 0.1) is 0 Å². The Morgan fingerprint density at radius 3 is 2.77 bits per heavy atom. The Bertz CT molecular complexity index is 1110. The third-order valence-corrected chi connectivity index (χ3v) is 5.63. The van der Waals surface area contributed by atoms with Gasteiger partial charge in [-0.3, -0.25) is 0 Å². The number of benzene rings is 1. The molecule has 4 rings (SSSR count). The van der Waals surface area contributed by atoms with Crippen LogP contribution in [0.25, 0.3) is 22.4 Å². The second kappa shape index (κ2) is 8.44. The van der Waals surface area contributed by atoms with Crippen molar-refractivity contribution in [3.63, 3.8) is 0 Å². The number of likely N-dealkylation sites (N-methyl/N-ethyl adjacent to an activating group) is 1. The van der Waals surface area contributed by atoms with E-state index >= 15 is 0 Å². The molecule has 158 valence electrons. The van der Waals surface area contributed by atoms with Crippen LogP contribution in [-0.4, -0.2) is 55.2 Å². The molecule has 0 amide bonds. The van der Waals surface area contributed by atoms with E-state index in [1.807, 2.05) is 32.0 Å². The van der Waals surface area contributed by atoms with E-state index in [0.717, 1.165) is 49.5 Å². The summed E-state index contributed by atoms with van der Waals surface area (Å²) in [6, 6.07) is 7.43. The molecule has 0 spiro atoms. The lowest BCUT2D eigenvalue weighted by molar-refractivity contribution is 0.360. The number of fused-ring (bicyclic) bond motifs is 1. The van der Waals surface area contributed by atoms with Gasteiger partial charge in [0, 0.05) is 31.9 Å². The molecule has 0 unspecified atom stereocenters. The van der Waals surface area contributed by atoms with Crippen LogP contribution in [-0.2, 0) is 0 Å². The summed E-state index contributed by atoms with van der Waals surface area (Å²) in [6.45, 7) is 7.86. The molecule has 1 aromatic carbocycles. The van der Waals surface area contributed by atoms with Crippen molar-refractivity contribution in [3.8, 4) is 17.2 Å². The molecule has 7 heteroatoms. The van der Waals surface area contributed by atoms with Crippen molar-refractivity contribution in [1.29, 1.82) is 0 Å². The quantitative estimate of drug-likeness (QED) is 0.654. The summed E-state index contributed by atoms with van der Waals surface area (Å²) >= 11 is 0. The number of hydrogen-bond acceptors (Lipinski definition) is 7. The molecule has 30 heavy (non-hydrogen) atoms. The summed E-state index contributed by atoms with van der Waals surface area (Å²) in [5, 5.41) is 0.511. The zero-order chi connectivity index (χ0) is 21.3. The van der Waals surface area contributed by atoms with Crippen LogP contribution >= 0.6 is 0 Å². The van der Waals surface area contributed by atoms with E-state index in [1.54, 1.807) is 19.4 Å². The Balaban J connectivity index is 1.86. The molecule has 2 aromatic heterocycles. The monoisotopic (exact) mass is 408 g/mol. The first-order chi connectivity index (χ1) is 14.5. The minimum atomic E-state index is -0.383. The lowest BCUT2D eigenvalue weighted by Crippen LogP contribution is -2.29. The normalized spacial score (nSPS) is 15.6. The first-order valence-corrected chi connectivity index (χ1v) is 10.4. The highest BCUT2D eigenvalue weighted by Gasteiger charge is 2.21. The van der Waals surface area contributed by atoms with E-state index in [1.165, 1.54) is 0 Å². The number of rotatable bonds is 4. The summed E-state index contributed by atoms with van der Waals surface area (Å²) < 4.78 is 11.2. The van der Waals surface area contributed by atoms with Crippen molar-refractivity contribution in [1.82, 2.24) is 14.9 Å². The Hall–Kier alpha value is -2.93. The molecule has 7 nitrogen and oxygen atoms in total. The molecule has 0 atom stereocenters. The van der Waals surface area contributed by atoms with Crippen LogP contribution < -0.4 is 15.3 Å². The van der Waals surface area contributed by atoms with Gasteiger partial charge in [0.2, 0.25) is 5.89 Å². The fourth-order valence-electron chi connectivity index (χ4n) is 3.97. The van der Waals surface area contributed by atoms with Gasteiger partial charge >= 0.3 is 5.63 Å². The highest BCUT2D eigenvalue weighted by atomic mass is 16.5. The first kappa shape index (κ1) is 20.3. The summed E-state index contributed by atoms with van der Waals surface area (Å²) in [4.78, 5) is 26.9. The summed E-state index contributed by atoms with van der Waals surface area (Å²) in [7, 11) is 3.75. The Kier molecular flexibility index (Phi) is 5.72. The van der Waals surface area contributed by atoms with Gasteiger partial charge in [-0.05, 0) is 49.7 Å². The predicted octanol–water partition coefficient (Wildman–Crippen LogP) is 3.52. The molecule has 1 aliphatic rings. The summed E-state index contributed by atoms with van der Waals surface area (Å²) in [6.07, 6.45) is 2.82. The molecule has 0 N–H and O–H groups in total. The van der Waals surface area contributed by atoms with Crippen LogP contribution in [0.2, 0.25) is 0 Å². The summed E-state index contributed by atoms with van der Waals surface area (Å²) in [5.41, 5.74) is 1.80. The molecule has 3 heterocycles. The number of hydrogen-bond donors (Lipinski definition) is 0. The number of ether oxygens (including phenoxy) is 1. The predicted molar refractivity (Wildman–Crippen MR) is 118 cm³/mol. The smallest absolute Gasteiger partial charge is 0.347 e. The molecule has 1 fully saturated rings. The van der Waals surface area contributed by atoms with Gasteiger partial charge in [0.05, 0.1) is 23.6 Å². The molecule has 1 saturated heterocycles. The van der Waals surface area contributed by atoms with Crippen molar-refractivity contribution in [2.24, 2.45) is 0 Å². The molecular weight excluding hydrogens is 380 g/mol. The van der Waals surface area contributed by atoms with Crippen molar-refractivity contribution in [2.45, 2.75) is 26.2 Å². The molecule has 0 radical (unpaired) electrons. The van der Waals surface area contributed by atoms with Crippen LogP contribution in [0.4, 0.5) is 5.82 Å². The Morgan fingerprint density at radius 1 is 1.17 bits per heavy atom. The standard InChI is InChI=1S/C23H28N4O3/c1-15(2)18-13-16(29-4)14-19-20(18)23(28)30-22(25-19)17-7-5-8-24-21(17)27-10-6-9-26(3)11-12-27/h5,7-8,13-15H,6,9-12H2,1-4H3. The van der Waals surface area contributed by atoms with E-state index < -0.39 is 0 Å². The lowest BCUT2D eigenvalue weighted by atomic mass is 9.98. The van der Waals surface area contributed by atoms with Gasteiger partial charge < -0.3 is 19.0 Å². The third kappa shape index (κ3) is 3.89. The number of pyridine rings is 1. The van der Waals surface area contributed by atoms with E-state index in [0.29, 0.717) is 16.7 Å². The minimum Gasteiger partial charge on any atom is -0.497 e. The van der Waals surface area contributed by atoms with Gasteiger partial charge in [-0.15, -0.1) is 0 Å². The van der Waals surface area contributed by atoms with Gasteiger partial charge in [-0.1, -0.05) is 13.8 Å². The molecular formula is C23H28N4O3. The largest absolute Gasteiger partial charge is 0.497 e. The zero-order valence-electron chi connectivity index (χ0n) is 18.0. The third-order valence-electron chi connectivity index (χ3n) is 5.63. The maximum Gasteiger partial charge on any atom is 0.347 e. The average Bonchev–Trinajstić information content (AvgIpc) is 2.97. The fourth-order valence-corrected chi connectivity index (χ4v) is 3.97. The minimum absolute atomic E-state index is 0.140. The first-order valence-electron chi connectivity index (χ1n) is 10.4. The fraction of sp³-hybridized carbons (Fsp3) is 0.435. The van der Waals surface area contributed by atoms with E-state index in [-0.39, 0.29) is 17.4 Å². The number of methoxy groups -OCH3 is 1. The van der Waals surface area contributed by atoms with E-state index in [9.17, 15) is 4.79 Å². The molecule has 0 bridgehead atoms. The van der Waals surface area contributed by atoms with Gasteiger partial charge in [0.25, 0.3) is 0 Å². The average molecular weight is 409 g/mol. The number of nitrogens with zero attached hydrogens (tertiary/aromatic N) is 4. The van der Waals surface area contributed by atoms with Crippen LogP contribution in [0.5, 0.6) is 5.75 Å². The van der Waals surface area contributed by atoms with E-state index in [2.05, 4.69) is 21.8 Å². The maximum absolute atomic E-state index is 13.0. The van der Waals surface area contributed by atoms with Crippen LogP contribution in [0.3, 0.4) is 0 Å². The Morgan fingerprint density at radius 2 is 2.00 bits per heavy atom.